The van der Waals surface area contributed by atoms with Gasteiger partial charge in [0.2, 0.25) is 10.0 Å². The summed E-state index contributed by atoms with van der Waals surface area (Å²) < 4.78 is 63.8. The highest BCUT2D eigenvalue weighted by molar-refractivity contribution is 7.89. The number of carbonyl (C=O) groups excluding carboxylic acids is 1. The maximum absolute atomic E-state index is 12.4. The minimum atomic E-state index is -4.51. The summed E-state index contributed by atoms with van der Waals surface area (Å²) in [6.45, 7) is 3.71. The van der Waals surface area contributed by atoms with Crippen molar-refractivity contribution in [3.63, 3.8) is 0 Å². The number of alkyl halides is 3. The minimum absolute atomic E-state index is 0.0370. The Labute approximate surface area is 163 Å². The Balaban J connectivity index is 1.87. The fraction of sp³-hybridized carbons (Fsp3) is 0.611. The summed E-state index contributed by atoms with van der Waals surface area (Å²) >= 11 is 0. The zero-order valence-electron chi connectivity index (χ0n) is 15.8. The van der Waals surface area contributed by atoms with Gasteiger partial charge in [-0.05, 0) is 56.1 Å². The Hall–Kier alpha value is -1.65. The van der Waals surface area contributed by atoms with Gasteiger partial charge in [-0.15, -0.1) is 0 Å². The van der Waals surface area contributed by atoms with Gasteiger partial charge in [-0.2, -0.15) is 13.2 Å². The van der Waals surface area contributed by atoms with Gasteiger partial charge in [0, 0.05) is 18.7 Å². The highest BCUT2D eigenvalue weighted by Gasteiger charge is 2.28. The number of nitrogens with zero attached hydrogens (tertiary/aromatic N) is 1. The summed E-state index contributed by atoms with van der Waals surface area (Å²) in [4.78, 5) is 14.0. The molecule has 1 saturated heterocycles. The van der Waals surface area contributed by atoms with Crippen molar-refractivity contribution in [1.29, 1.82) is 0 Å². The highest BCUT2D eigenvalue weighted by Crippen LogP contribution is 2.15. The van der Waals surface area contributed by atoms with Gasteiger partial charge < -0.3 is 10.2 Å². The standard InChI is InChI=1S/C18H26F3N3O3S/c1-14(12-24-9-3-2-4-10-24)11-23-28(26,27)16-7-5-15(6-8-16)17(25)22-13-18(19,20)21/h5-8,14,23H,2-4,9-13H2,1H3,(H,22,25). The molecule has 0 spiro atoms. The van der Waals surface area contributed by atoms with Gasteiger partial charge in [0.15, 0.2) is 0 Å². The van der Waals surface area contributed by atoms with Crippen LogP contribution in [0.25, 0.3) is 0 Å². The SMILES string of the molecule is CC(CNS(=O)(=O)c1ccc(C(=O)NCC(F)(F)F)cc1)CN1CCCCC1. The number of rotatable bonds is 8. The number of benzene rings is 1. The predicted octanol–water partition coefficient (Wildman–Crippen LogP) is 2.38. The molecule has 0 aliphatic carbocycles. The first-order valence-corrected chi connectivity index (χ1v) is 10.7. The van der Waals surface area contributed by atoms with Crippen molar-refractivity contribution in [2.45, 2.75) is 37.3 Å². The van der Waals surface area contributed by atoms with E-state index in [9.17, 15) is 26.4 Å². The van der Waals surface area contributed by atoms with Crippen LogP contribution in [0.5, 0.6) is 0 Å². The third kappa shape index (κ3) is 7.40. The second kappa shape index (κ2) is 9.71. The Bertz CT molecular complexity index is 746. The maximum atomic E-state index is 12.4. The number of carbonyl (C=O) groups is 1. The lowest BCUT2D eigenvalue weighted by molar-refractivity contribution is -0.123. The van der Waals surface area contributed by atoms with E-state index in [0.717, 1.165) is 19.6 Å². The molecule has 1 aliphatic rings. The Morgan fingerprint density at radius 1 is 1.14 bits per heavy atom. The smallest absolute Gasteiger partial charge is 0.343 e. The van der Waals surface area contributed by atoms with E-state index in [0.29, 0.717) is 0 Å². The van der Waals surface area contributed by atoms with E-state index >= 15 is 0 Å². The number of hydrogen-bond acceptors (Lipinski definition) is 4. The molecule has 1 amide bonds. The summed E-state index contributed by atoms with van der Waals surface area (Å²) in [6, 6.07) is 4.80. The molecule has 1 aromatic rings. The molecule has 0 saturated carbocycles. The van der Waals surface area contributed by atoms with E-state index in [4.69, 9.17) is 0 Å². The van der Waals surface area contributed by atoms with Gasteiger partial charge in [-0.25, -0.2) is 13.1 Å². The topological polar surface area (TPSA) is 78.5 Å². The molecule has 1 unspecified atom stereocenters. The number of halogens is 3. The first-order valence-electron chi connectivity index (χ1n) is 9.24. The first kappa shape index (κ1) is 22.6. The van der Waals surface area contributed by atoms with Crippen LogP contribution in [0.2, 0.25) is 0 Å². The van der Waals surface area contributed by atoms with Crippen molar-refractivity contribution in [3.8, 4) is 0 Å². The van der Waals surface area contributed by atoms with Gasteiger partial charge >= 0.3 is 6.18 Å². The zero-order valence-corrected chi connectivity index (χ0v) is 16.6. The second-order valence-corrected chi connectivity index (χ2v) is 8.91. The Morgan fingerprint density at radius 2 is 1.75 bits per heavy atom. The van der Waals surface area contributed by atoms with Gasteiger partial charge in [0.25, 0.3) is 5.91 Å². The maximum Gasteiger partial charge on any atom is 0.405 e. The van der Waals surface area contributed by atoms with Gasteiger partial charge in [-0.3, -0.25) is 4.79 Å². The first-order chi connectivity index (χ1) is 13.1. The third-order valence-electron chi connectivity index (χ3n) is 4.52. The second-order valence-electron chi connectivity index (χ2n) is 7.14. The zero-order chi connectivity index (χ0) is 20.8. The van der Waals surface area contributed by atoms with Gasteiger partial charge in [0.05, 0.1) is 4.90 Å². The van der Waals surface area contributed by atoms with Crippen LogP contribution in [0.3, 0.4) is 0 Å². The van der Waals surface area contributed by atoms with Crippen molar-refractivity contribution in [3.05, 3.63) is 29.8 Å². The molecule has 0 aromatic heterocycles. The fourth-order valence-electron chi connectivity index (χ4n) is 3.05. The van der Waals surface area contributed by atoms with Gasteiger partial charge in [-0.1, -0.05) is 13.3 Å². The molecule has 1 atom stereocenters. The van der Waals surface area contributed by atoms with E-state index in [-0.39, 0.29) is 22.9 Å². The lowest BCUT2D eigenvalue weighted by Crippen LogP contribution is -2.38. The van der Waals surface area contributed by atoms with Crippen LogP contribution in [0, 0.1) is 5.92 Å². The number of hydrogen-bond donors (Lipinski definition) is 2. The van der Waals surface area contributed by atoms with Crippen LogP contribution >= 0.6 is 0 Å². The van der Waals surface area contributed by atoms with E-state index in [1.54, 1.807) is 5.32 Å². The number of likely N-dealkylation sites (tertiary alicyclic amines) is 1. The number of piperidine rings is 1. The van der Waals surface area contributed by atoms with E-state index in [1.165, 1.54) is 43.5 Å². The summed E-state index contributed by atoms with van der Waals surface area (Å²) in [5, 5.41) is 1.74. The van der Waals surface area contributed by atoms with E-state index in [1.807, 2.05) is 6.92 Å². The molecule has 1 fully saturated rings. The molecule has 158 valence electrons. The van der Waals surface area contributed by atoms with Crippen LogP contribution in [-0.2, 0) is 10.0 Å². The molecule has 0 radical (unpaired) electrons. The van der Waals surface area contributed by atoms with Crippen LogP contribution in [0.1, 0.15) is 36.5 Å². The summed E-state index contributed by atoms with van der Waals surface area (Å²) in [7, 11) is -3.75. The highest BCUT2D eigenvalue weighted by atomic mass is 32.2. The lowest BCUT2D eigenvalue weighted by Gasteiger charge is -2.29. The molecule has 1 aliphatic heterocycles. The average Bonchev–Trinajstić information content (AvgIpc) is 2.65. The molecule has 28 heavy (non-hydrogen) atoms. The number of sulfonamides is 1. The monoisotopic (exact) mass is 421 g/mol. The predicted molar refractivity (Wildman–Crippen MR) is 99.5 cm³/mol. The third-order valence-corrected chi connectivity index (χ3v) is 5.96. The molecular formula is C18H26F3N3O3S. The summed E-state index contributed by atoms with van der Waals surface area (Å²) in [5.41, 5.74) is -0.0401. The van der Waals surface area contributed by atoms with Crippen LogP contribution in [-0.4, -0.2) is 58.1 Å². The fourth-order valence-corrected chi connectivity index (χ4v) is 4.22. The number of nitrogens with one attached hydrogen (secondary N) is 2. The van der Waals surface area contributed by atoms with Crippen LogP contribution in [0.15, 0.2) is 29.2 Å². The quantitative estimate of drug-likeness (QED) is 0.676. The molecular weight excluding hydrogens is 395 g/mol. The minimum Gasteiger partial charge on any atom is -0.343 e. The van der Waals surface area contributed by atoms with Crippen molar-refractivity contribution in [2.24, 2.45) is 5.92 Å². The molecule has 0 bridgehead atoms. The Morgan fingerprint density at radius 3 is 2.32 bits per heavy atom. The van der Waals surface area contributed by atoms with E-state index in [2.05, 4.69) is 9.62 Å². The van der Waals surface area contributed by atoms with Crippen molar-refractivity contribution in [1.82, 2.24) is 14.9 Å². The Kier molecular flexibility index (Phi) is 7.85. The van der Waals surface area contributed by atoms with Gasteiger partial charge in [0.1, 0.15) is 6.54 Å². The molecule has 2 N–H and O–H groups in total. The van der Waals surface area contributed by atoms with Crippen LogP contribution in [0.4, 0.5) is 13.2 Å². The molecule has 10 heteroatoms. The summed E-state index contributed by atoms with van der Waals surface area (Å²) in [5.74, 6) is -0.773. The largest absolute Gasteiger partial charge is 0.405 e. The lowest BCUT2D eigenvalue weighted by atomic mass is 10.1. The number of amides is 1. The average molecular weight is 421 g/mol. The summed E-state index contributed by atoms with van der Waals surface area (Å²) in [6.07, 6.45) is -0.932. The molecule has 2 rings (SSSR count). The molecule has 1 aromatic carbocycles. The van der Waals surface area contributed by atoms with Crippen molar-refractivity contribution < 1.29 is 26.4 Å². The van der Waals surface area contributed by atoms with Crippen molar-refractivity contribution >= 4 is 15.9 Å². The van der Waals surface area contributed by atoms with Crippen molar-refractivity contribution in [2.75, 3.05) is 32.7 Å². The van der Waals surface area contributed by atoms with Crippen LogP contribution < -0.4 is 10.0 Å². The molecule has 6 nitrogen and oxygen atoms in total. The normalized spacial score (nSPS) is 17.3. The van der Waals surface area contributed by atoms with E-state index < -0.39 is 28.7 Å². The molecule has 1 heterocycles.